The zero-order valence-electron chi connectivity index (χ0n) is 16.7. The molecule has 6 nitrogen and oxygen atoms in total. The number of aromatic nitrogens is 2. The zero-order chi connectivity index (χ0) is 21.0. The van der Waals surface area contributed by atoms with E-state index >= 15 is 0 Å². The minimum Gasteiger partial charge on any atom is -0.496 e. The number of benzene rings is 2. The van der Waals surface area contributed by atoms with E-state index in [1.807, 2.05) is 38.1 Å². The maximum Gasteiger partial charge on any atom is 0.309 e. The van der Waals surface area contributed by atoms with Gasteiger partial charge >= 0.3 is 5.97 Å². The van der Waals surface area contributed by atoms with Crippen LogP contribution >= 0.6 is 0 Å². The van der Waals surface area contributed by atoms with Gasteiger partial charge in [-0.2, -0.15) is 0 Å². The van der Waals surface area contributed by atoms with E-state index in [0.29, 0.717) is 22.8 Å². The van der Waals surface area contributed by atoms with Gasteiger partial charge in [0.2, 0.25) is 0 Å². The largest absolute Gasteiger partial charge is 0.496 e. The Morgan fingerprint density at radius 2 is 1.83 bits per heavy atom. The molecule has 0 aliphatic carbocycles. The lowest BCUT2D eigenvalue weighted by Crippen LogP contribution is -2.07. The minimum absolute atomic E-state index is 0.0131. The maximum atomic E-state index is 14.5. The summed E-state index contributed by atoms with van der Waals surface area (Å²) in [5, 5.41) is 11.6. The fourth-order valence-electron chi connectivity index (χ4n) is 2.96. The summed E-state index contributed by atoms with van der Waals surface area (Å²) >= 11 is 0. The summed E-state index contributed by atoms with van der Waals surface area (Å²) < 4.78 is 24.5. The van der Waals surface area contributed by atoms with E-state index in [4.69, 9.17) is 4.74 Å². The molecule has 1 N–H and O–H groups in total. The Balaban J connectivity index is 1.89. The van der Waals surface area contributed by atoms with E-state index in [1.54, 1.807) is 19.2 Å². The Bertz CT molecular complexity index is 1050. The fraction of sp³-hybridized carbons (Fsp3) is 0.227. The van der Waals surface area contributed by atoms with E-state index in [-0.39, 0.29) is 12.1 Å². The third-order valence-electron chi connectivity index (χ3n) is 4.75. The predicted octanol–water partition coefficient (Wildman–Crippen LogP) is 4.37. The van der Waals surface area contributed by atoms with Crippen LogP contribution in [0.1, 0.15) is 16.7 Å². The van der Waals surface area contributed by atoms with Crippen molar-refractivity contribution in [3.05, 3.63) is 65.0 Å². The Morgan fingerprint density at radius 3 is 2.52 bits per heavy atom. The molecule has 0 spiro atoms. The molecule has 0 aliphatic rings. The van der Waals surface area contributed by atoms with Crippen LogP contribution in [0.5, 0.6) is 5.75 Å². The Labute approximate surface area is 168 Å². The van der Waals surface area contributed by atoms with Crippen molar-refractivity contribution >= 4 is 17.5 Å². The van der Waals surface area contributed by atoms with E-state index in [0.717, 1.165) is 16.7 Å². The number of ether oxygens (including phenoxy) is 2. The van der Waals surface area contributed by atoms with Gasteiger partial charge < -0.3 is 14.8 Å². The predicted molar refractivity (Wildman–Crippen MR) is 109 cm³/mol. The number of esters is 1. The SMILES string of the molecule is COC(=O)Cc1ccc(Nc2nnc(-c3ccccc3OC)c(C)c2C)c(F)c1. The molecule has 0 saturated heterocycles. The average Bonchev–Trinajstić information content (AvgIpc) is 2.73. The molecule has 0 fully saturated rings. The van der Waals surface area contributed by atoms with Gasteiger partial charge in [0.05, 0.1) is 32.0 Å². The lowest BCUT2D eigenvalue weighted by atomic mass is 10.0. The number of hydrogen-bond acceptors (Lipinski definition) is 6. The van der Waals surface area contributed by atoms with Gasteiger partial charge in [-0.3, -0.25) is 4.79 Å². The molecule has 0 radical (unpaired) electrons. The normalized spacial score (nSPS) is 10.5. The summed E-state index contributed by atoms with van der Waals surface area (Å²) in [6.07, 6.45) is 0.0131. The topological polar surface area (TPSA) is 73.3 Å². The number of halogens is 1. The number of nitrogens with one attached hydrogen (secondary N) is 1. The molecular weight excluding hydrogens is 373 g/mol. The molecule has 3 aromatic rings. The first-order valence-electron chi connectivity index (χ1n) is 9.04. The molecule has 3 rings (SSSR count). The van der Waals surface area contributed by atoms with Crippen molar-refractivity contribution in [1.29, 1.82) is 0 Å². The highest BCUT2D eigenvalue weighted by atomic mass is 19.1. The number of para-hydroxylation sites is 1. The van der Waals surface area contributed by atoms with E-state index in [2.05, 4.69) is 20.3 Å². The Kier molecular flexibility index (Phi) is 6.07. The molecular formula is C22H22FN3O3. The second-order valence-corrected chi connectivity index (χ2v) is 6.54. The lowest BCUT2D eigenvalue weighted by Gasteiger charge is -2.15. The molecule has 0 saturated carbocycles. The van der Waals surface area contributed by atoms with Crippen LogP contribution < -0.4 is 10.1 Å². The molecule has 0 atom stereocenters. The van der Waals surface area contributed by atoms with Gasteiger partial charge in [0.1, 0.15) is 11.6 Å². The van der Waals surface area contributed by atoms with Crippen molar-refractivity contribution in [3.8, 4) is 17.0 Å². The van der Waals surface area contributed by atoms with Crippen LogP contribution in [0, 0.1) is 19.7 Å². The highest BCUT2D eigenvalue weighted by Gasteiger charge is 2.16. The van der Waals surface area contributed by atoms with Crippen molar-refractivity contribution in [1.82, 2.24) is 10.2 Å². The number of rotatable bonds is 6. The van der Waals surface area contributed by atoms with Crippen molar-refractivity contribution in [2.75, 3.05) is 19.5 Å². The number of hydrogen-bond donors (Lipinski definition) is 1. The van der Waals surface area contributed by atoms with E-state index < -0.39 is 11.8 Å². The smallest absolute Gasteiger partial charge is 0.309 e. The lowest BCUT2D eigenvalue weighted by molar-refractivity contribution is -0.139. The van der Waals surface area contributed by atoms with Gasteiger partial charge in [0.15, 0.2) is 5.82 Å². The highest BCUT2D eigenvalue weighted by Crippen LogP contribution is 2.33. The molecule has 2 aromatic carbocycles. The summed E-state index contributed by atoms with van der Waals surface area (Å²) in [5.74, 6) is 0.256. The molecule has 0 bridgehead atoms. The van der Waals surface area contributed by atoms with Crippen LogP contribution in [0.25, 0.3) is 11.3 Å². The second-order valence-electron chi connectivity index (χ2n) is 6.54. The second kappa shape index (κ2) is 8.68. The summed E-state index contributed by atoms with van der Waals surface area (Å²) in [7, 11) is 2.91. The summed E-state index contributed by atoms with van der Waals surface area (Å²) in [6, 6.07) is 12.1. The van der Waals surface area contributed by atoms with Crippen molar-refractivity contribution in [2.24, 2.45) is 0 Å². The molecule has 0 amide bonds. The maximum absolute atomic E-state index is 14.5. The number of carbonyl (C=O) groups excluding carboxylic acids is 1. The first-order chi connectivity index (χ1) is 13.9. The summed E-state index contributed by atoms with van der Waals surface area (Å²) in [4.78, 5) is 11.4. The van der Waals surface area contributed by atoms with Gasteiger partial charge in [0, 0.05) is 5.56 Å². The van der Waals surface area contributed by atoms with Crippen LogP contribution in [-0.4, -0.2) is 30.4 Å². The third kappa shape index (κ3) is 4.34. The quantitative estimate of drug-likeness (QED) is 0.625. The molecule has 1 heterocycles. The van der Waals surface area contributed by atoms with Crippen molar-refractivity contribution in [3.63, 3.8) is 0 Å². The monoisotopic (exact) mass is 395 g/mol. The number of methoxy groups -OCH3 is 2. The Hall–Kier alpha value is -3.48. The molecule has 0 aliphatic heterocycles. The van der Waals surface area contributed by atoms with Crippen molar-refractivity contribution in [2.45, 2.75) is 20.3 Å². The summed E-state index contributed by atoms with van der Waals surface area (Å²) in [6.45, 7) is 3.83. The first kappa shape index (κ1) is 20.3. The van der Waals surface area contributed by atoms with Gasteiger partial charge in [-0.15, -0.1) is 10.2 Å². The minimum atomic E-state index is -0.487. The van der Waals surface area contributed by atoms with Crippen molar-refractivity contribution < 1.29 is 18.7 Å². The van der Waals surface area contributed by atoms with Gasteiger partial charge in [-0.25, -0.2) is 4.39 Å². The number of anilines is 2. The third-order valence-corrected chi connectivity index (χ3v) is 4.75. The molecule has 0 unspecified atom stereocenters. The zero-order valence-corrected chi connectivity index (χ0v) is 16.7. The van der Waals surface area contributed by atoms with Crippen LogP contribution in [0.3, 0.4) is 0 Å². The highest BCUT2D eigenvalue weighted by molar-refractivity contribution is 5.74. The van der Waals surface area contributed by atoms with Crippen LogP contribution in [-0.2, 0) is 16.0 Å². The molecule has 1 aromatic heterocycles. The number of carbonyl (C=O) groups is 1. The van der Waals surface area contributed by atoms with Crippen LogP contribution in [0.15, 0.2) is 42.5 Å². The molecule has 7 heteroatoms. The standard InChI is InChI=1S/C22H22FN3O3/c1-13-14(2)22(26-25-21(13)16-7-5-6-8-19(16)28-3)24-18-10-9-15(11-17(18)23)12-20(27)29-4/h5-11H,12H2,1-4H3,(H,24,26). The van der Waals surface area contributed by atoms with Crippen LogP contribution in [0.2, 0.25) is 0 Å². The van der Waals surface area contributed by atoms with E-state index in [9.17, 15) is 9.18 Å². The first-order valence-corrected chi connectivity index (χ1v) is 9.04. The molecule has 29 heavy (non-hydrogen) atoms. The van der Waals surface area contributed by atoms with Crippen LogP contribution in [0.4, 0.5) is 15.9 Å². The van der Waals surface area contributed by atoms with Gasteiger partial charge in [-0.1, -0.05) is 18.2 Å². The fourth-order valence-corrected chi connectivity index (χ4v) is 2.96. The number of nitrogens with zero attached hydrogens (tertiary/aromatic N) is 2. The van der Waals surface area contributed by atoms with E-state index in [1.165, 1.54) is 13.2 Å². The average molecular weight is 395 g/mol. The molecule has 150 valence electrons. The van der Waals surface area contributed by atoms with Gasteiger partial charge in [0.25, 0.3) is 0 Å². The summed E-state index contributed by atoms with van der Waals surface area (Å²) in [5.41, 5.74) is 4.09. The Morgan fingerprint density at radius 1 is 1.07 bits per heavy atom. The van der Waals surface area contributed by atoms with Gasteiger partial charge in [-0.05, 0) is 54.8 Å².